The zero-order valence-corrected chi connectivity index (χ0v) is 23.3. The predicted molar refractivity (Wildman–Crippen MR) is 146 cm³/mol. The molecule has 37 heavy (non-hydrogen) atoms. The van der Waals surface area contributed by atoms with Gasteiger partial charge in [-0.2, -0.15) is 10.1 Å². The molecular formula is C27H32BrN5O4. The minimum atomic E-state index is -0.562. The Hall–Kier alpha value is -3.53. The van der Waals surface area contributed by atoms with Gasteiger partial charge in [-0.3, -0.25) is 4.79 Å². The van der Waals surface area contributed by atoms with E-state index in [0.717, 1.165) is 16.5 Å². The average molecular weight is 570 g/mol. The van der Waals surface area contributed by atoms with Gasteiger partial charge in [0, 0.05) is 5.70 Å². The minimum Gasteiger partial charge on any atom is -0.493 e. The molecule has 3 aromatic rings. The summed E-state index contributed by atoms with van der Waals surface area (Å²) in [4.78, 5) is 18.1. The number of benzene rings is 2. The molecule has 10 heteroatoms. The molecule has 0 radical (unpaired) electrons. The average Bonchev–Trinajstić information content (AvgIpc) is 3.33. The Morgan fingerprint density at radius 3 is 2.73 bits per heavy atom. The van der Waals surface area contributed by atoms with E-state index >= 15 is 0 Å². The van der Waals surface area contributed by atoms with E-state index in [1.165, 1.54) is 6.33 Å². The quantitative estimate of drug-likeness (QED) is 0.318. The maximum Gasteiger partial charge on any atom is 0.255 e. The second kappa shape index (κ2) is 11.7. The van der Waals surface area contributed by atoms with Gasteiger partial charge in [0.2, 0.25) is 5.95 Å². The van der Waals surface area contributed by atoms with Gasteiger partial charge in [-0.25, -0.2) is 4.68 Å². The third-order valence-electron chi connectivity index (χ3n) is 5.98. The lowest BCUT2D eigenvalue weighted by Crippen LogP contribution is -2.31. The number of nitrogens with one attached hydrogen (secondary N) is 2. The summed E-state index contributed by atoms with van der Waals surface area (Å²) >= 11 is 3.66. The predicted octanol–water partition coefficient (Wildman–Crippen LogP) is 5.80. The summed E-state index contributed by atoms with van der Waals surface area (Å²) in [6.45, 7) is 9.11. The molecule has 1 amide bonds. The largest absolute Gasteiger partial charge is 0.493 e. The van der Waals surface area contributed by atoms with E-state index in [9.17, 15) is 4.79 Å². The van der Waals surface area contributed by atoms with Crippen LogP contribution in [-0.2, 0) is 4.79 Å². The topological polar surface area (TPSA) is 99.5 Å². The van der Waals surface area contributed by atoms with E-state index in [0.29, 0.717) is 59.3 Å². The molecule has 4 rings (SSSR count). The van der Waals surface area contributed by atoms with Crippen molar-refractivity contribution in [3.05, 3.63) is 64.0 Å². The van der Waals surface area contributed by atoms with Crippen LogP contribution < -0.4 is 24.8 Å². The van der Waals surface area contributed by atoms with Crippen molar-refractivity contribution in [3.63, 3.8) is 0 Å². The molecule has 2 N–H and O–H groups in total. The Morgan fingerprint density at radius 1 is 1.22 bits per heavy atom. The van der Waals surface area contributed by atoms with E-state index in [1.807, 2.05) is 50.2 Å². The Bertz CT molecular complexity index is 1300. The van der Waals surface area contributed by atoms with E-state index in [1.54, 1.807) is 11.8 Å². The van der Waals surface area contributed by atoms with E-state index < -0.39 is 6.04 Å². The van der Waals surface area contributed by atoms with Crippen LogP contribution in [-0.4, -0.2) is 41.0 Å². The van der Waals surface area contributed by atoms with Crippen LogP contribution in [0.25, 0.3) is 0 Å². The zero-order valence-electron chi connectivity index (χ0n) is 21.7. The number of methoxy groups -OCH3 is 1. The molecule has 1 atom stereocenters. The number of amides is 1. The number of anilines is 2. The Morgan fingerprint density at radius 2 is 2.00 bits per heavy atom. The summed E-state index contributed by atoms with van der Waals surface area (Å²) in [6.07, 6.45) is 2.38. The van der Waals surface area contributed by atoms with Gasteiger partial charge in [-0.15, -0.1) is 0 Å². The highest BCUT2D eigenvalue weighted by Gasteiger charge is 2.34. The minimum absolute atomic E-state index is 0.282. The molecule has 2 heterocycles. The fourth-order valence-corrected chi connectivity index (χ4v) is 4.74. The molecule has 0 aliphatic carbocycles. The lowest BCUT2D eigenvalue weighted by Gasteiger charge is -2.29. The van der Waals surface area contributed by atoms with Crippen LogP contribution in [0.4, 0.5) is 11.6 Å². The van der Waals surface area contributed by atoms with Crippen LogP contribution in [0.2, 0.25) is 0 Å². The van der Waals surface area contributed by atoms with Crippen molar-refractivity contribution < 1.29 is 19.0 Å². The highest BCUT2D eigenvalue weighted by atomic mass is 79.9. The third kappa shape index (κ3) is 5.74. The first-order chi connectivity index (χ1) is 17.8. The summed E-state index contributed by atoms with van der Waals surface area (Å²) in [5.74, 6) is 2.57. The van der Waals surface area contributed by atoms with Crippen LogP contribution in [0.3, 0.4) is 0 Å². The Balaban J connectivity index is 1.74. The fraction of sp³-hybridized carbons (Fsp3) is 0.370. The van der Waals surface area contributed by atoms with Crippen molar-refractivity contribution in [1.82, 2.24) is 14.8 Å². The standard InChI is InChI=1S/C27H32BrN5O4/c1-6-36-21-10-8-7-9-20(21)32-26(34)23-17(4)31-27-29-15-30-33(27)24(23)18-13-19(28)25(22(14-18)35-5)37-12-11-16(2)3/h7-10,13-16,24H,6,11-12H2,1-5H3,(H,32,34)(H,29,30,31). The lowest BCUT2D eigenvalue weighted by atomic mass is 9.94. The molecular weight excluding hydrogens is 538 g/mol. The van der Waals surface area contributed by atoms with Gasteiger partial charge in [0.15, 0.2) is 11.5 Å². The number of rotatable bonds is 10. The Kier molecular flexibility index (Phi) is 8.38. The first-order valence-corrected chi connectivity index (χ1v) is 13.0. The van der Waals surface area contributed by atoms with Crippen molar-refractivity contribution in [2.75, 3.05) is 31.0 Å². The highest BCUT2D eigenvalue weighted by Crippen LogP contribution is 2.43. The number of hydrogen-bond acceptors (Lipinski definition) is 7. The molecule has 0 bridgehead atoms. The van der Waals surface area contributed by atoms with Crippen LogP contribution in [0.1, 0.15) is 45.7 Å². The maximum absolute atomic E-state index is 13.8. The van der Waals surface area contributed by atoms with Crippen molar-refractivity contribution in [2.45, 2.75) is 40.2 Å². The number of halogens is 1. The van der Waals surface area contributed by atoms with E-state index in [2.05, 4.69) is 50.5 Å². The van der Waals surface area contributed by atoms with Crippen molar-refractivity contribution in [3.8, 4) is 17.2 Å². The number of fused-ring (bicyclic) bond motifs is 1. The molecule has 1 aliphatic heterocycles. The zero-order chi connectivity index (χ0) is 26.5. The normalized spacial score (nSPS) is 14.7. The lowest BCUT2D eigenvalue weighted by molar-refractivity contribution is -0.113. The smallest absolute Gasteiger partial charge is 0.255 e. The third-order valence-corrected chi connectivity index (χ3v) is 6.57. The van der Waals surface area contributed by atoms with Gasteiger partial charge in [0.25, 0.3) is 5.91 Å². The number of nitrogens with zero attached hydrogens (tertiary/aromatic N) is 3. The van der Waals surface area contributed by atoms with Gasteiger partial charge in [-0.05, 0) is 71.9 Å². The second-order valence-corrected chi connectivity index (χ2v) is 9.90. The monoisotopic (exact) mass is 569 g/mol. The number of hydrogen-bond donors (Lipinski definition) is 2. The fourth-order valence-electron chi connectivity index (χ4n) is 4.17. The highest BCUT2D eigenvalue weighted by molar-refractivity contribution is 9.10. The van der Waals surface area contributed by atoms with Crippen LogP contribution in [0.5, 0.6) is 17.2 Å². The summed E-state index contributed by atoms with van der Waals surface area (Å²) in [5.41, 5.74) is 2.54. The van der Waals surface area contributed by atoms with Gasteiger partial charge in [-0.1, -0.05) is 26.0 Å². The molecule has 0 saturated heterocycles. The van der Waals surface area contributed by atoms with E-state index in [4.69, 9.17) is 14.2 Å². The number of carbonyl (C=O) groups is 1. The molecule has 196 valence electrons. The number of ether oxygens (including phenoxy) is 3. The summed E-state index contributed by atoms with van der Waals surface area (Å²) in [7, 11) is 1.60. The number of para-hydroxylation sites is 2. The van der Waals surface area contributed by atoms with Gasteiger partial charge >= 0.3 is 0 Å². The molecule has 0 spiro atoms. The van der Waals surface area contributed by atoms with Gasteiger partial charge < -0.3 is 24.8 Å². The van der Waals surface area contributed by atoms with Crippen molar-refractivity contribution >= 4 is 33.5 Å². The van der Waals surface area contributed by atoms with Crippen LogP contribution >= 0.6 is 15.9 Å². The van der Waals surface area contributed by atoms with Crippen molar-refractivity contribution in [2.24, 2.45) is 5.92 Å². The Labute approximate surface area is 225 Å². The first-order valence-electron chi connectivity index (χ1n) is 12.2. The van der Waals surface area contributed by atoms with Gasteiger partial charge in [0.1, 0.15) is 18.1 Å². The maximum atomic E-state index is 13.8. The number of aromatic nitrogens is 3. The van der Waals surface area contributed by atoms with Crippen LogP contribution in [0, 0.1) is 5.92 Å². The molecule has 1 aliphatic rings. The summed E-state index contributed by atoms with van der Waals surface area (Å²) < 4.78 is 19.9. The molecule has 0 saturated carbocycles. The SMILES string of the molecule is CCOc1ccccc1NC(=O)C1=C(C)Nc2ncnn2C1c1cc(Br)c(OCCC(C)C)c(OC)c1. The first kappa shape index (κ1) is 26.5. The number of carbonyl (C=O) groups excluding carboxylic acids is 1. The molecule has 2 aromatic carbocycles. The molecule has 9 nitrogen and oxygen atoms in total. The van der Waals surface area contributed by atoms with Crippen LogP contribution in [0.15, 0.2) is 58.5 Å². The second-order valence-electron chi connectivity index (χ2n) is 9.04. The molecule has 1 aromatic heterocycles. The van der Waals surface area contributed by atoms with Crippen molar-refractivity contribution in [1.29, 1.82) is 0 Å². The van der Waals surface area contributed by atoms with Gasteiger partial charge in [0.05, 0.1) is 36.1 Å². The summed E-state index contributed by atoms with van der Waals surface area (Å²) in [5, 5.41) is 10.6. The van der Waals surface area contributed by atoms with E-state index in [-0.39, 0.29) is 5.91 Å². The molecule has 0 fully saturated rings. The summed E-state index contributed by atoms with van der Waals surface area (Å²) in [6, 6.07) is 10.6. The number of allylic oxidation sites excluding steroid dienone is 1. The molecule has 1 unspecified atom stereocenters.